The SMILES string of the molecule is COc1ccccc1[C@@H]1S[C@H](C)C(=O)N1CCN(C(=O)c1cccc(F)c1)C(C)C. The van der Waals surface area contributed by atoms with Gasteiger partial charge in [-0.3, -0.25) is 9.59 Å². The van der Waals surface area contributed by atoms with Gasteiger partial charge in [0.2, 0.25) is 5.91 Å². The van der Waals surface area contributed by atoms with E-state index < -0.39 is 5.82 Å². The van der Waals surface area contributed by atoms with Crippen LogP contribution in [0, 0.1) is 5.82 Å². The summed E-state index contributed by atoms with van der Waals surface area (Å²) < 4.78 is 19.1. The summed E-state index contributed by atoms with van der Waals surface area (Å²) in [7, 11) is 1.62. The van der Waals surface area contributed by atoms with E-state index in [4.69, 9.17) is 4.74 Å². The second-order valence-corrected chi connectivity index (χ2v) is 8.93. The Kier molecular flexibility index (Phi) is 7.02. The van der Waals surface area contributed by atoms with Crippen LogP contribution in [0.5, 0.6) is 5.75 Å². The fourth-order valence-corrected chi connectivity index (χ4v) is 4.95. The molecule has 1 heterocycles. The molecule has 2 aromatic carbocycles. The van der Waals surface area contributed by atoms with E-state index in [1.165, 1.54) is 18.2 Å². The second-order valence-electron chi connectivity index (χ2n) is 7.51. The van der Waals surface area contributed by atoms with Crippen LogP contribution in [0.15, 0.2) is 48.5 Å². The summed E-state index contributed by atoms with van der Waals surface area (Å²) >= 11 is 1.57. The minimum Gasteiger partial charge on any atom is -0.496 e. The minimum atomic E-state index is -0.444. The van der Waals surface area contributed by atoms with Crippen molar-refractivity contribution in [2.75, 3.05) is 20.2 Å². The highest BCUT2D eigenvalue weighted by molar-refractivity contribution is 8.01. The molecule has 0 N–H and O–H groups in total. The molecule has 1 fully saturated rings. The molecule has 0 unspecified atom stereocenters. The Morgan fingerprint density at radius 1 is 1.23 bits per heavy atom. The van der Waals surface area contributed by atoms with Gasteiger partial charge in [-0.2, -0.15) is 0 Å². The molecular formula is C23H27FN2O3S. The van der Waals surface area contributed by atoms with Crippen molar-refractivity contribution in [3.8, 4) is 5.75 Å². The summed E-state index contributed by atoms with van der Waals surface area (Å²) in [6, 6.07) is 13.3. The monoisotopic (exact) mass is 430 g/mol. The van der Waals surface area contributed by atoms with E-state index in [1.807, 2.05) is 45.0 Å². The maximum absolute atomic E-state index is 13.6. The number of nitrogens with zero attached hydrogens (tertiary/aromatic N) is 2. The number of halogens is 1. The maximum atomic E-state index is 13.6. The van der Waals surface area contributed by atoms with Crippen molar-refractivity contribution in [1.82, 2.24) is 9.80 Å². The number of para-hydroxylation sites is 1. The quantitative estimate of drug-likeness (QED) is 0.655. The molecule has 1 saturated heterocycles. The minimum absolute atomic E-state index is 0.0396. The zero-order chi connectivity index (χ0) is 21.8. The van der Waals surface area contributed by atoms with Crippen LogP contribution < -0.4 is 4.74 Å². The van der Waals surface area contributed by atoms with Gasteiger partial charge in [0.25, 0.3) is 5.91 Å². The number of amides is 2. The van der Waals surface area contributed by atoms with Crippen LogP contribution in [0.25, 0.3) is 0 Å². The average Bonchev–Trinajstić information content (AvgIpc) is 3.01. The zero-order valence-electron chi connectivity index (χ0n) is 17.7. The molecule has 3 rings (SSSR count). The Morgan fingerprint density at radius 2 is 1.97 bits per heavy atom. The smallest absolute Gasteiger partial charge is 0.254 e. The molecule has 0 aliphatic carbocycles. The van der Waals surface area contributed by atoms with Crippen molar-refractivity contribution in [1.29, 1.82) is 0 Å². The summed E-state index contributed by atoms with van der Waals surface area (Å²) in [6.45, 7) is 6.47. The highest BCUT2D eigenvalue weighted by Gasteiger charge is 2.39. The van der Waals surface area contributed by atoms with Crippen molar-refractivity contribution in [2.24, 2.45) is 0 Å². The Bertz CT molecular complexity index is 921. The van der Waals surface area contributed by atoms with E-state index in [0.717, 1.165) is 11.3 Å². The molecule has 30 heavy (non-hydrogen) atoms. The van der Waals surface area contributed by atoms with E-state index in [-0.39, 0.29) is 28.5 Å². The van der Waals surface area contributed by atoms with Gasteiger partial charge < -0.3 is 14.5 Å². The maximum Gasteiger partial charge on any atom is 0.254 e. The van der Waals surface area contributed by atoms with Crippen molar-refractivity contribution in [2.45, 2.75) is 37.4 Å². The summed E-state index contributed by atoms with van der Waals surface area (Å²) in [5.74, 6) is 0.0858. The molecule has 2 atom stereocenters. The van der Waals surface area contributed by atoms with Gasteiger partial charge in [0.15, 0.2) is 0 Å². The van der Waals surface area contributed by atoms with Gasteiger partial charge in [0.1, 0.15) is 16.9 Å². The molecule has 0 saturated carbocycles. The van der Waals surface area contributed by atoms with Crippen molar-refractivity contribution < 1.29 is 18.7 Å². The number of methoxy groups -OCH3 is 1. The Labute approximate surface area is 181 Å². The lowest BCUT2D eigenvalue weighted by Crippen LogP contribution is -2.43. The largest absolute Gasteiger partial charge is 0.496 e. The first kappa shape index (κ1) is 22.2. The van der Waals surface area contributed by atoms with Crippen molar-refractivity contribution >= 4 is 23.6 Å². The summed E-state index contributed by atoms with van der Waals surface area (Å²) in [4.78, 5) is 29.3. The van der Waals surface area contributed by atoms with Gasteiger partial charge in [-0.05, 0) is 45.0 Å². The van der Waals surface area contributed by atoms with E-state index in [2.05, 4.69) is 0 Å². The van der Waals surface area contributed by atoms with Gasteiger partial charge in [0, 0.05) is 30.3 Å². The summed E-state index contributed by atoms with van der Waals surface area (Å²) in [6.07, 6.45) is 0. The molecule has 0 bridgehead atoms. The zero-order valence-corrected chi connectivity index (χ0v) is 18.5. The lowest BCUT2D eigenvalue weighted by atomic mass is 10.1. The molecule has 2 amide bonds. The second kappa shape index (κ2) is 9.51. The molecule has 1 aliphatic heterocycles. The van der Waals surface area contributed by atoms with Gasteiger partial charge in [0.05, 0.1) is 12.4 Å². The molecule has 0 spiro atoms. The average molecular weight is 431 g/mol. The van der Waals surface area contributed by atoms with E-state index in [1.54, 1.807) is 34.7 Å². The molecule has 160 valence electrons. The van der Waals surface area contributed by atoms with Crippen molar-refractivity contribution in [3.63, 3.8) is 0 Å². The Balaban J connectivity index is 1.81. The number of rotatable bonds is 7. The third kappa shape index (κ3) is 4.61. The molecule has 1 aliphatic rings. The van der Waals surface area contributed by atoms with E-state index in [0.29, 0.717) is 18.7 Å². The number of hydrogen-bond acceptors (Lipinski definition) is 4. The highest BCUT2D eigenvalue weighted by atomic mass is 32.2. The fourth-order valence-electron chi connectivity index (χ4n) is 3.61. The van der Waals surface area contributed by atoms with E-state index >= 15 is 0 Å². The Hall–Kier alpha value is -2.54. The van der Waals surface area contributed by atoms with E-state index in [9.17, 15) is 14.0 Å². The van der Waals surface area contributed by atoms with Crippen LogP contribution in [0.3, 0.4) is 0 Å². The number of thioether (sulfide) groups is 1. The number of benzene rings is 2. The number of ether oxygens (including phenoxy) is 1. The summed E-state index contributed by atoms with van der Waals surface area (Å²) in [5, 5.41) is -0.353. The van der Waals surface area contributed by atoms with Gasteiger partial charge in [-0.15, -0.1) is 11.8 Å². The molecule has 5 nitrogen and oxygen atoms in total. The Morgan fingerprint density at radius 3 is 2.63 bits per heavy atom. The predicted octanol–water partition coefficient (Wildman–Crippen LogP) is 4.35. The van der Waals surface area contributed by atoms with Crippen LogP contribution in [0.2, 0.25) is 0 Å². The topological polar surface area (TPSA) is 49.9 Å². The van der Waals surface area contributed by atoms with Gasteiger partial charge in [-0.25, -0.2) is 4.39 Å². The van der Waals surface area contributed by atoms with Crippen LogP contribution in [-0.2, 0) is 4.79 Å². The first-order valence-corrected chi connectivity index (χ1v) is 10.9. The molecule has 7 heteroatoms. The first-order valence-electron chi connectivity index (χ1n) is 9.99. The molecule has 2 aromatic rings. The van der Waals surface area contributed by atoms with Gasteiger partial charge >= 0.3 is 0 Å². The highest BCUT2D eigenvalue weighted by Crippen LogP contribution is 2.45. The number of carbonyl (C=O) groups is 2. The fraction of sp³-hybridized carbons (Fsp3) is 0.391. The lowest BCUT2D eigenvalue weighted by Gasteiger charge is -2.31. The van der Waals surface area contributed by atoms with Gasteiger partial charge in [-0.1, -0.05) is 24.3 Å². The number of hydrogen-bond donors (Lipinski definition) is 0. The van der Waals surface area contributed by atoms with Crippen LogP contribution in [0.4, 0.5) is 4.39 Å². The number of carbonyl (C=O) groups excluding carboxylic acids is 2. The standard InChI is InChI=1S/C23H27FN2O3S/c1-15(2)25(22(28)17-8-7-9-18(24)14-17)12-13-26-21(27)16(3)30-23(26)19-10-5-6-11-20(19)29-4/h5-11,14-16,23H,12-13H2,1-4H3/t16-,23+/m1/s1. The molecular weight excluding hydrogens is 403 g/mol. The molecule has 0 aromatic heterocycles. The van der Waals surface area contributed by atoms with Crippen LogP contribution >= 0.6 is 11.8 Å². The van der Waals surface area contributed by atoms with Crippen LogP contribution in [0.1, 0.15) is 42.1 Å². The molecule has 0 radical (unpaired) electrons. The normalized spacial score (nSPS) is 18.7. The first-order chi connectivity index (χ1) is 14.3. The summed E-state index contributed by atoms with van der Waals surface area (Å²) in [5.41, 5.74) is 1.25. The third-order valence-electron chi connectivity index (χ3n) is 5.19. The third-order valence-corrected chi connectivity index (χ3v) is 6.57. The predicted molar refractivity (Wildman–Crippen MR) is 117 cm³/mol. The lowest BCUT2D eigenvalue weighted by molar-refractivity contribution is -0.130. The van der Waals surface area contributed by atoms with Crippen LogP contribution in [-0.4, -0.2) is 53.1 Å². The van der Waals surface area contributed by atoms with Crippen molar-refractivity contribution in [3.05, 3.63) is 65.5 Å².